The highest BCUT2D eigenvalue weighted by molar-refractivity contribution is 5.95. The second-order valence-electron chi connectivity index (χ2n) is 9.39. The highest BCUT2D eigenvalue weighted by Gasteiger charge is 2.32. The predicted molar refractivity (Wildman–Crippen MR) is 136 cm³/mol. The van der Waals surface area contributed by atoms with Crippen molar-refractivity contribution >= 4 is 5.91 Å². The molecule has 0 aliphatic carbocycles. The van der Waals surface area contributed by atoms with Crippen LogP contribution in [-0.2, 0) is 6.42 Å². The lowest BCUT2D eigenvalue weighted by atomic mass is 9.88. The van der Waals surface area contributed by atoms with Crippen LogP contribution in [0.5, 0.6) is 5.75 Å². The van der Waals surface area contributed by atoms with Gasteiger partial charge in [0.15, 0.2) is 0 Å². The quantitative estimate of drug-likeness (QED) is 0.428. The first-order chi connectivity index (χ1) is 16.8. The van der Waals surface area contributed by atoms with E-state index < -0.39 is 0 Å². The normalized spacial score (nSPS) is 18.4. The summed E-state index contributed by atoms with van der Waals surface area (Å²) in [5.74, 6) is 0.902. The number of likely N-dealkylation sites (tertiary alicyclic amines) is 1. The number of rotatable bonds is 7. The van der Waals surface area contributed by atoms with E-state index in [1.54, 1.807) is 0 Å². The molecule has 0 bridgehead atoms. The number of carbonyl (C=O) groups is 1. The van der Waals surface area contributed by atoms with Crippen LogP contribution in [0.3, 0.4) is 0 Å². The Labute approximate surface area is 203 Å². The third kappa shape index (κ3) is 5.18. The maximum absolute atomic E-state index is 13.6. The third-order valence-corrected chi connectivity index (χ3v) is 7.10. The summed E-state index contributed by atoms with van der Waals surface area (Å²) in [6.45, 7) is 4.98. The van der Waals surface area contributed by atoms with Crippen molar-refractivity contribution in [2.75, 3.05) is 32.8 Å². The molecule has 1 fully saturated rings. The fourth-order valence-electron chi connectivity index (χ4n) is 5.30. The van der Waals surface area contributed by atoms with Crippen molar-refractivity contribution in [1.82, 2.24) is 9.80 Å². The van der Waals surface area contributed by atoms with Crippen molar-refractivity contribution in [2.24, 2.45) is 0 Å². The lowest BCUT2D eigenvalue weighted by Gasteiger charge is -2.38. The van der Waals surface area contributed by atoms with Crippen LogP contribution in [0.4, 0.5) is 0 Å². The van der Waals surface area contributed by atoms with Gasteiger partial charge in [-0.15, -0.1) is 0 Å². The first-order valence-corrected chi connectivity index (χ1v) is 12.7. The van der Waals surface area contributed by atoms with Gasteiger partial charge in [-0.1, -0.05) is 61.0 Å². The molecular formula is C30H34N2O2. The van der Waals surface area contributed by atoms with E-state index in [2.05, 4.69) is 41.3 Å². The molecule has 5 rings (SSSR count). The summed E-state index contributed by atoms with van der Waals surface area (Å²) < 4.78 is 5.96. The maximum atomic E-state index is 13.6. The van der Waals surface area contributed by atoms with Crippen LogP contribution < -0.4 is 4.74 Å². The minimum Gasteiger partial charge on any atom is -0.494 e. The molecule has 1 amide bonds. The Morgan fingerprint density at radius 2 is 1.56 bits per heavy atom. The van der Waals surface area contributed by atoms with Gasteiger partial charge in [0.1, 0.15) is 5.75 Å². The Bertz CT molecular complexity index is 1070. The van der Waals surface area contributed by atoms with Gasteiger partial charge in [-0.3, -0.25) is 4.79 Å². The smallest absolute Gasteiger partial charge is 0.254 e. The fraction of sp³-hybridized carbons (Fsp3) is 0.367. The van der Waals surface area contributed by atoms with Crippen molar-refractivity contribution in [1.29, 1.82) is 0 Å². The van der Waals surface area contributed by atoms with Crippen LogP contribution in [0.15, 0.2) is 78.9 Å². The molecule has 1 atom stereocenters. The first kappa shape index (κ1) is 22.7. The van der Waals surface area contributed by atoms with Crippen molar-refractivity contribution in [3.05, 3.63) is 101 Å². The third-order valence-electron chi connectivity index (χ3n) is 7.10. The molecule has 4 nitrogen and oxygen atoms in total. The molecule has 3 aromatic carbocycles. The van der Waals surface area contributed by atoms with Crippen LogP contribution in [0.2, 0.25) is 0 Å². The minimum atomic E-state index is -0.0654. The molecule has 0 spiro atoms. The molecule has 2 heterocycles. The fourth-order valence-corrected chi connectivity index (χ4v) is 5.30. The highest BCUT2D eigenvalue weighted by Crippen LogP contribution is 2.36. The van der Waals surface area contributed by atoms with Gasteiger partial charge in [-0.05, 0) is 79.7 Å². The highest BCUT2D eigenvalue weighted by atomic mass is 16.5. The lowest BCUT2D eigenvalue weighted by molar-refractivity contribution is 0.0694. The summed E-state index contributed by atoms with van der Waals surface area (Å²) in [4.78, 5) is 18.2. The standard InChI is InChI=1S/C30H34N2O2/c33-30(26-14-16-27(17-15-26)34-23-9-21-31-19-7-2-8-20-31)32-22-18-24-10-5-6-13-28(24)29(32)25-11-3-1-4-12-25/h1,3-6,10-17,29H,2,7-9,18-23H2/t29-/m1/s1. The Balaban J connectivity index is 1.25. The molecular weight excluding hydrogens is 420 g/mol. The van der Waals surface area contributed by atoms with E-state index in [9.17, 15) is 4.79 Å². The van der Waals surface area contributed by atoms with Crippen molar-refractivity contribution in [2.45, 2.75) is 38.1 Å². The molecule has 0 unspecified atom stereocenters. The monoisotopic (exact) mass is 454 g/mol. The number of piperidine rings is 1. The van der Waals surface area contributed by atoms with Crippen LogP contribution in [0.25, 0.3) is 0 Å². The molecule has 176 valence electrons. The van der Waals surface area contributed by atoms with Crippen LogP contribution in [-0.4, -0.2) is 48.5 Å². The van der Waals surface area contributed by atoms with Crippen LogP contribution >= 0.6 is 0 Å². The van der Waals surface area contributed by atoms with E-state index in [0.717, 1.165) is 30.7 Å². The Morgan fingerprint density at radius 1 is 0.824 bits per heavy atom. The van der Waals surface area contributed by atoms with Crippen molar-refractivity contribution in [3.8, 4) is 5.75 Å². The Morgan fingerprint density at radius 3 is 2.35 bits per heavy atom. The molecule has 0 saturated carbocycles. The summed E-state index contributed by atoms with van der Waals surface area (Å²) >= 11 is 0. The van der Waals surface area contributed by atoms with Gasteiger partial charge in [-0.25, -0.2) is 0 Å². The van der Waals surface area contributed by atoms with Gasteiger partial charge in [0, 0.05) is 18.7 Å². The molecule has 0 N–H and O–H groups in total. The van der Waals surface area contributed by atoms with E-state index >= 15 is 0 Å². The largest absolute Gasteiger partial charge is 0.494 e. The van der Waals surface area contributed by atoms with Gasteiger partial charge >= 0.3 is 0 Å². The zero-order valence-corrected chi connectivity index (χ0v) is 19.9. The molecule has 0 aromatic heterocycles. The number of fused-ring (bicyclic) bond motifs is 1. The number of amides is 1. The number of hydrogen-bond donors (Lipinski definition) is 0. The first-order valence-electron chi connectivity index (χ1n) is 12.7. The lowest BCUT2D eigenvalue weighted by Crippen LogP contribution is -2.40. The topological polar surface area (TPSA) is 32.8 Å². The van der Waals surface area contributed by atoms with Crippen molar-refractivity contribution < 1.29 is 9.53 Å². The van der Waals surface area contributed by atoms with Gasteiger partial charge < -0.3 is 14.5 Å². The summed E-state index contributed by atoms with van der Waals surface area (Å²) in [6.07, 6.45) is 5.93. The zero-order chi connectivity index (χ0) is 23.2. The predicted octanol–water partition coefficient (Wildman–Crippen LogP) is 5.73. The number of benzene rings is 3. The second kappa shape index (κ2) is 10.9. The molecule has 2 aliphatic heterocycles. The molecule has 2 aliphatic rings. The average Bonchev–Trinajstić information content (AvgIpc) is 2.91. The molecule has 1 saturated heterocycles. The Kier molecular flexibility index (Phi) is 7.25. The van der Waals surface area contributed by atoms with Gasteiger partial charge in [0.05, 0.1) is 12.6 Å². The summed E-state index contributed by atoms with van der Waals surface area (Å²) in [7, 11) is 0. The van der Waals surface area contributed by atoms with E-state index in [4.69, 9.17) is 4.74 Å². The average molecular weight is 455 g/mol. The minimum absolute atomic E-state index is 0.0654. The number of carbonyl (C=O) groups excluding carboxylic acids is 1. The summed E-state index contributed by atoms with van der Waals surface area (Å²) in [6, 6.07) is 26.5. The van der Waals surface area contributed by atoms with E-state index in [0.29, 0.717) is 18.7 Å². The zero-order valence-electron chi connectivity index (χ0n) is 19.9. The SMILES string of the molecule is O=C(c1ccc(OCCCN2CCCCC2)cc1)N1CCc2ccccc2[C@H]1c1ccccc1. The number of ether oxygens (including phenoxy) is 1. The maximum Gasteiger partial charge on any atom is 0.254 e. The van der Waals surface area contributed by atoms with Gasteiger partial charge in [0.25, 0.3) is 5.91 Å². The summed E-state index contributed by atoms with van der Waals surface area (Å²) in [5.41, 5.74) is 4.41. The van der Waals surface area contributed by atoms with Crippen LogP contribution in [0.1, 0.15) is 58.8 Å². The molecule has 3 aromatic rings. The second-order valence-corrected chi connectivity index (χ2v) is 9.39. The molecule has 34 heavy (non-hydrogen) atoms. The van der Waals surface area contributed by atoms with Gasteiger partial charge in [0.2, 0.25) is 0 Å². The van der Waals surface area contributed by atoms with E-state index in [-0.39, 0.29) is 11.9 Å². The van der Waals surface area contributed by atoms with E-state index in [1.165, 1.54) is 43.5 Å². The molecule has 0 radical (unpaired) electrons. The van der Waals surface area contributed by atoms with Crippen molar-refractivity contribution in [3.63, 3.8) is 0 Å². The number of nitrogens with zero attached hydrogens (tertiary/aromatic N) is 2. The Hall–Kier alpha value is -3.11. The van der Waals surface area contributed by atoms with E-state index in [1.807, 2.05) is 47.4 Å². The van der Waals surface area contributed by atoms with Gasteiger partial charge in [-0.2, -0.15) is 0 Å². The molecule has 4 heteroatoms. The van der Waals surface area contributed by atoms with Crippen LogP contribution in [0, 0.1) is 0 Å². The number of hydrogen-bond acceptors (Lipinski definition) is 3. The summed E-state index contributed by atoms with van der Waals surface area (Å²) in [5, 5.41) is 0.